The van der Waals surface area contributed by atoms with Gasteiger partial charge in [0.15, 0.2) is 74.1 Å². The number of hydrogen-bond acceptors (Lipinski definition) is 6. The van der Waals surface area contributed by atoms with Crippen LogP contribution < -0.4 is 29.0 Å². The van der Waals surface area contributed by atoms with Crippen LogP contribution in [-0.2, 0) is 65.6 Å². The van der Waals surface area contributed by atoms with E-state index in [-0.39, 0.29) is 62.5 Å². The fourth-order valence-electron chi connectivity index (χ4n) is 13.2. The average Bonchev–Trinajstić information content (AvgIpc) is 1.57. The number of nitrogens with zero attached hydrogens (tertiary/aromatic N) is 8. The van der Waals surface area contributed by atoms with Crippen LogP contribution in [0.2, 0.25) is 0 Å². The van der Waals surface area contributed by atoms with Crippen molar-refractivity contribution in [2.45, 2.75) is 60.5 Å². The van der Waals surface area contributed by atoms with Gasteiger partial charge < -0.3 is 9.13 Å². The number of rotatable bonds is 16. The summed E-state index contributed by atoms with van der Waals surface area (Å²) < 4.78 is 13.7. The smallest absolute Gasteiger partial charge is 0.217 e. The van der Waals surface area contributed by atoms with Gasteiger partial charge in [-0.2, -0.15) is 18.3 Å². The second-order valence-electron chi connectivity index (χ2n) is 22.8. The maximum Gasteiger partial charge on any atom is 0.217 e. The first kappa shape index (κ1) is 58.9. The van der Waals surface area contributed by atoms with E-state index in [2.05, 4.69) is 149 Å². The predicted molar refractivity (Wildman–Crippen MR) is 342 cm³/mol. The van der Waals surface area contributed by atoms with E-state index in [4.69, 9.17) is 9.98 Å². The number of pyridine rings is 4. The maximum atomic E-state index is 13.3. The second-order valence-corrected chi connectivity index (χ2v) is 22.8. The molecule has 0 unspecified atom stereocenters. The minimum absolute atomic E-state index is 0. The van der Waals surface area contributed by atoms with Crippen molar-refractivity contribution < 1.29 is 70.2 Å². The minimum Gasteiger partial charge on any atom is -0.321 e. The predicted octanol–water partition coefficient (Wildman–Crippen LogP) is 9.91. The first-order valence-electron chi connectivity index (χ1n) is 30.0. The van der Waals surface area contributed by atoms with Crippen molar-refractivity contribution in [2.24, 2.45) is 9.98 Å². The van der Waals surface area contributed by atoms with E-state index in [9.17, 15) is 19.2 Å². The van der Waals surface area contributed by atoms with Crippen LogP contribution in [-0.4, -0.2) is 43.7 Å². The van der Waals surface area contributed by atoms with E-state index in [0.29, 0.717) is 48.4 Å². The van der Waals surface area contributed by atoms with Crippen LogP contribution in [0, 0.1) is 0 Å². The van der Waals surface area contributed by atoms with Crippen LogP contribution in [0.3, 0.4) is 0 Å². The summed E-state index contributed by atoms with van der Waals surface area (Å²) in [5.41, 5.74) is 18.0. The van der Waals surface area contributed by atoms with E-state index < -0.39 is 0 Å². The third kappa shape index (κ3) is 10.9. The maximum absolute atomic E-state index is 13.3. The molecule has 0 saturated heterocycles. The Labute approximate surface area is 546 Å². The Bertz CT molecular complexity index is 4720. The molecule has 0 atom stereocenters. The Morgan fingerprint density at radius 1 is 0.344 bits per heavy atom. The molecule has 90 heavy (non-hydrogen) atoms. The third-order valence-corrected chi connectivity index (χ3v) is 17.3. The number of fused-ring (bicyclic) bond motifs is 2. The van der Waals surface area contributed by atoms with Gasteiger partial charge in [0, 0.05) is 126 Å². The van der Waals surface area contributed by atoms with Gasteiger partial charge in [0.2, 0.25) is 22.8 Å². The van der Waals surface area contributed by atoms with E-state index in [1.165, 1.54) is 0 Å². The van der Waals surface area contributed by atoms with Crippen molar-refractivity contribution in [1.82, 2.24) is 9.13 Å². The fraction of sp³-hybridized carbons (Fsp3) is 0.117. The summed E-state index contributed by atoms with van der Waals surface area (Å²) in [5.74, 6) is -0.0370. The molecule has 0 saturated carbocycles. The molecule has 10 heterocycles. The van der Waals surface area contributed by atoms with Gasteiger partial charge in [-0.15, -0.1) is 0 Å². The first-order chi connectivity index (χ1) is 43.5. The zero-order chi connectivity index (χ0) is 60.9. The third-order valence-electron chi connectivity index (χ3n) is 17.3. The topological polar surface area (TPSA) is 118 Å². The Balaban J connectivity index is 0.00000743. The Kier molecular flexibility index (Phi) is 16.2. The summed E-state index contributed by atoms with van der Waals surface area (Å²) in [6, 6.07) is 64.9. The van der Waals surface area contributed by atoms with E-state index >= 15 is 0 Å². The molecule has 0 fully saturated rings. The number of allylic oxidation sites excluding steroid dienone is 4. The zero-order valence-corrected chi connectivity index (χ0v) is 53.3. The largest absolute Gasteiger partial charge is 0.321 e. The SMILES string of the molecule is CC(=O)c1ccccc1C[n+]1ccccc1C1=C2C=CC(=N2)C(c2cccc[n+]2Cc2ccccc2C(C)=O)=c2ccc3n2Cn2c1ccc2C(c1cccc[n+]1Cc1ccccc1C(C)=O)=C1C=CC(=N1)C=3c1cccc[n+]1Cc1ccccc1C(C)=O.[Y]. The Morgan fingerprint density at radius 2 is 0.633 bits per heavy atom. The van der Waals surface area contributed by atoms with Crippen LogP contribution in [0.5, 0.6) is 0 Å². The summed E-state index contributed by atoms with van der Waals surface area (Å²) >= 11 is 0. The number of aromatic nitrogens is 6. The molecule has 6 bridgehead atoms. The van der Waals surface area contributed by atoms with E-state index in [1.54, 1.807) is 27.7 Å². The number of ketones is 4. The molecule has 10 aromatic rings. The molecule has 13 heteroatoms. The van der Waals surface area contributed by atoms with Gasteiger partial charge >= 0.3 is 0 Å². The Morgan fingerprint density at radius 3 is 0.944 bits per heavy atom. The zero-order valence-electron chi connectivity index (χ0n) is 50.4. The number of carbonyl (C=O) groups excluding carboxylic acids is 4. The van der Waals surface area contributed by atoms with Crippen molar-refractivity contribution in [3.05, 3.63) is 344 Å². The molecule has 1 radical (unpaired) electrons. The van der Waals surface area contributed by atoms with E-state index in [1.807, 2.05) is 121 Å². The van der Waals surface area contributed by atoms with Gasteiger partial charge in [0.25, 0.3) is 0 Å². The van der Waals surface area contributed by atoms with Gasteiger partial charge in [-0.1, -0.05) is 97.1 Å². The monoisotopic (exact) mass is 1250 g/mol. The molecular weight excluding hydrogens is 1190 g/mol. The summed E-state index contributed by atoms with van der Waals surface area (Å²) in [7, 11) is 0. The van der Waals surface area contributed by atoms with Crippen molar-refractivity contribution >= 4 is 56.8 Å². The van der Waals surface area contributed by atoms with E-state index in [0.717, 1.165) is 112 Å². The standard InChI is InChI=1S/C77H62N8O4.Y/c1-50(86)58-25-9-5-21-54(58)45-80-41-17-13-29-66(80)74-62-33-34-63(78-62)75(67-30-14-18-42-81(67)46-55-22-6-10-26-59(55)51(2)87)72-39-40-73-77(69-32-16-20-44-83(69)48-57-24-8-12-28-61(57)53(4)89)65-36-35-64(79-65)76(71-38-37-70(74)84(71)49-85(72)73)68-31-15-19-43-82(68)47-56-23-7-11-27-60(56)52(3)88;/h5-44H,45-49H2,1-4H3;/q+4;. The van der Waals surface area contributed by atoms with Crippen molar-refractivity contribution in [3.63, 3.8) is 0 Å². The summed E-state index contributed by atoms with van der Waals surface area (Å²) in [5, 5.41) is 1.78. The van der Waals surface area contributed by atoms with Crippen LogP contribution in [0.15, 0.2) is 265 Å². The van der Waals surface area contributed by atoms with Gasteiger partial charge in [0.1, 0.15) is 6.67 Å². The molecule has 0 amide bonds. The van der Waals surface area contributed by atoms with Crippen molar-refractivity contribution in [1.29, 1.82) is 0 Å². The number of benzene rings is 4. The minimum atomic E-state index is -0.00925. The molecule has 4 aliphatic heterocycles. The molecule has 6 aromatic heterocycles. The molecule has 4 aliphatic rings. The summed E-state index contributed by atoms with van der Waals surface area (Å²) in [6.45, 7) is 8.37. The van der Waals surface area contributed by atoms with Crippen LogP contribution >= 0.6 is 0 Å². The molecule has 4 aromatic carbocycles. The van der Waals surface area contributed by atoms with Gasteiger partial charge in [-0.05, 0) is 101 Å². The fourth-order valence-corrected chi connectivity index (χ4v) is 13.2. The number of hydrogen-bond donors (Lipinski definition) is 0. The average molecular weight is 1250 g/mol. The molecule has 0 aliphatic carbocycles. The van der Waals surface area contributed by atoms with Crippen LogP contribution in [0.25, 0.3) is 22.3 Å². The quantitative estimate of drug-likeness (QED) is 0.0707. The number of aliphatic imine (C=N–C) groups is 2. The number of Topliss-reactive ketones (excluding diaryl/α,β-unsaturated/α-hetero) is 4. The van der Waals surface area contributed by atoms with Gasteiger partial charge in [-0.25, -0.2) is 9.98 Å². The number of carbonyl (C=O) groups is 4. The molecule has 0 spiro atoms. The van der Waals surface area contributed by atoms with Crippen molar-refractivity contribution in [2.75, 3.05) is 0 Å². The normalized spacial score (nSPS) is 13.7. The van der Waals surface area contributed by atoms with Gasteiger partial charge in [0.05, 0.1) is 67.2 Å². The molecule has 14 rings (SSSR count). The van der Waals surface area contributed by atoms with Crippen molar-refractivity contribution in [3.8, 4) is 0 Å². The molecule has 433 valence electrons. The van der Waals surface area contributed by atoms with Gasteiger partial charge in [-0.3, -0.25) is 19.2 Å². The van der Waals surface area contributed by atoms with Crippen LogP contribution in [0.4, 0.5) is 0 Å². The summed E-state index contributed by atoms with van der Waals surface area (Å²) in [4.78, 5) is 64.7. The molecule has 12 nitrogen and oxygen atoms in total. The second kappa shape index (κ2) is 24.8. The molecule has 0 N–H and O–H groups in total. The molecular formula is C77H62N8O4Y+4. The summed E-state index contributed by atoms with van der Waals surface area (Å²) in [6.07, 6.45) is 16.8. The first-order valence-corrected chi connectivity index (χ1v) is 30.0. The van der Waals surface area contributed by atoms with Crippen LogP contribution in [0.1, 0.15) is 126 Å². The Hall–Kier alpha value is -10.1.